The molecule has 0 saturated carbocycles. The van der Waals surface area contributed by atoms with E-state index in [4.69, 9.17) is 10.5 Å². The summed E-state index contributed by atoms with van der Waals surface area (Å²) in [6.45, 7) is 1.12. The molecule has 2 aromatic rings. The predicted molar refractivity (Wildman–Crippen MR) is 103 cm³/mol. The maximum atomic E-state index is 13.0. The van der Waals surface area contributed by atoms with Gasteiger partial charge in [0.2, 0.25) is 11.8 Å². The van der Waals surface area contributed by atoms with Crippen LogP contribution >= 0.6 is 0 Å². The van der Waals surface area contributed by atoms with E-state index in [1.54, 1.807) is 7.11 Å². The molecule has 3 rings (SSSR count). The summed E-state index contributed by atoms with van der Waals surface area (Å²) in [7, 11) is 1.62. The van der Waals surface area contributed by atoms with Crippen molar-refractivity contribution in [2.75, 3.05) is 20.2 Å². The van der Waals surface area contributed by atoms with Gasteiger partial charge in [0.15, 0.2) is 0 Å². The zero-order valence-electron chi connectivity index (χ0n) is 15.4. The third kappa shape index (κ3) is 4.46. The van der Waals surface area contributed by atoms with Gasteiger partial charge in [-0.2, -0.15) is 0 Å². The van der Waals surface area contributed by atoms with Gasteiger partial charge in [-0.1, -0.05) is 42.5 Å². The van der Waals surface area contributed by atoms with Crippen LogP contribution in [0.3, 0.4) is 0 Å². The zero-order chi connectivity index (χ0) is 19.3. The summed E-state index contributed by atoms with van der Waals surface area (Å²) >= 11 is 0. The second-order valence-corrected chi connectivity index (χ2v) is 7.03. The number of rotatable bonds is 8. The highest BCUT2D eigenvalue weighted by atomic mass is 16.5. The summed E-state index contributed by atoms with van der Waals surface area (Å²) in [5.74, 6) is 0.0780. The van der Waals surface area contributed by atoms with Gasteiger partial charge in [-0.15, -0.1) is 0 Å². The van der Waals surface area contributed by atoms with Gasteiger partial charge in [-0.25, -0.2) is 0 Å². The smallest absolute Gasteiger partial charge is 0.240 e. The maximum Gasteiger partial charge on any atom is 0.240 e. The molecule has 0 spiro atoms. The molecule has 6 heteroatoms. The monoisotopic (exact) mass is 367 g/mol. The molecule has 1 saturated heterocycles. The molecule has 0 aliphatic carbocycles. The molecule has 0 aromatic heterocycles. The number of amides is 2. The van der Waals surface area contributed by atoms with Crippen molar-refractivity contribution in [2.24, 2.45) is 11.1 Å². The molecule has 27 heavy (non-hydrogen) atoms. The van der Waals surface area contributed by atoms with Crippen LogP contribution in [0.1, 0.15) is 11.1 Å². The van der Waals surface area contributed by atoms with Crippen LogP contribution in [0.4, 0.5) is 0 Å². The Labute approximate surface area is 159 Å². The second kappa shape index (κ2) is 8.22. The van der Waals surface area contributed by atoms with E-state index >= 15 is 0 Å². The number of primary amides is 1. The Morgan fingerprint density at radius 3 is 2.44 bits per heavy atom. The van der Waals surface area contributed by atoms with E-state index in [1.165, 1.54) is 0 Å². The van der Waals surface area contributed by atoms with Gasteiger partial charge in [-0.05, 0) is 29.7 Å². The van der Waals surface area contributed by atoms with Crippen LogP contribution in [0.5, 0.6) is 5.75 Å². The summed E-state index contributed by atoms with van der Waals surface area (Å²) in [5, 5.41) is 6.05. The highest BCUT2D eigenvalue weighted by molar-refractivity contribution is 5.90. The lowest BCUT2D eigenvalue weighted by molar-refractivity contribution is -0.137. The van der Waals surface area contributed by atoms with Crippen LogP contribution in [0.25, 0.3) is 0 Å². The molecule has 6 nitrogen and oxygen atoms in total. The summed E-state index contributed by atoms with van der Waals surface area (Å²) in [6, 6.07) is 16.5. The van der Waals surface area contributed by atoms with Gasteiger partial charge in [-0.3, -0.25) is 9.59 Å². The van der Waals surface area contributed by atoms with Gasteiger partial charge >= 0.3 is 0 Å². The van der Waals surface area contributed by atoms with Crippen LogP contribution in [0, 0.1) is 5.41 Å². The van der Waals surface area contributed by atoms with E-state index in [-0.39, 0.29) is 5.91 Å². The fraction of sp³-hybridized carbons (Fsp3) is 0.333. The van der Waals surface area contributed by atoms with Crippen molar-refractivity contribution in [2.45, 2.75) is 18.9 Å². The van der Waals surface area contributed by atoms with E-state index in [0.29, 0.717) is 25.9 Å². The van der Waals surface area contributed by atoms with Crippen LogP contribution in [0.15, 0.2) is 54.6 Å². The summed E-state index contributed by atoms with van der Waals surface area (Å²) in [6.07, 6.45) is 0.949. The van der Waals surface area contributed by atoms with Gasteiger partial charge in [0, 0.05) is 19.5 Å². The molecule has 1 fully saturated rings. The van der Waals surface area contributed by atoms with E-state index in [0.717, 1.165) is 16.9 Å². The van der Waals surface area contributed by atoms with Gasteiger partial charge in [0.1, 0.15) is 11.8 Å². The number of carbonyl (C=O) groups is 2. The average Bonchev–Trinajstić information content (AvgIpc) is 2.65. The third-order valence-electron chi connectivity index (χ3n) is 5.02. The number of benzene rings is 2. The highest BCUT2D eigenvalue weighted by Crippen LogP contribution is 2.29. The molecular formula is C21H25N3O3. The number of nitrogens with two attached hydrogens (primary N) is 1. The standard InChI is InChI=1S/C21H25N3O3/c1-27-17-9-5-8-16(10-17)12-21(13-23-14-21)20(26)24-18(19(22)25)11-15-6-3-2-4-7-15/h2-10,18,23H,11-14H2,1H3,(H2,22,25)(H,24,26)/t18-/m0/s1. The Balaban J connectivity index is 1.72. The Bertz CT molecular complexity index is 803. The third-order valence-corrected chi connectivity index (χ3v) is 5.02. The zero-order valence-corrected chi connectivity index (χ0v) is 15.4. The lowest BCUT2D eigenvalue weighted by atomic mass is 9.75. The molecule has 0 radical (unpaired) electrons. The summed E-state index contributed by atoms with van der Waals surface area (Å²) in [4.78, 5) is 24.9. The van der Waals surface area contributed by atoms with E-state index in [2.05, 4.69) is 10.6 Å². The Morgan fingerprint density at radius 2 is 1.85 bits per heavy atom. The minimum Gasteiger partial charge on any atom is -0.497 e. The molecular weight excluding hydrogens is 342 g/mol. The van der Waals surface area contributed by atoms with Crippen molar-refractivity contribution in [1.82, 2.24) is 10.6 Å². The molecule has 1 atom stereocenters. The fourth-order valence-electron chi connectivity index (χ4n) is 3.35. The lowest BCUT2D eigenvalue weighted by Gasteiger charge is -2.42. The topological polar surface area (TPSA) is 93.4 Å². The predicted octanol–water partition coefficient (Wildman–Crippen LogP) is 1.04. The van der Waals surface area contributed by atoms with Crippen molar-refractivity contribution in [3.8, 4) is 5.75 Å². The van der Waals surface area contributed by atoms with E-state index < -0.39 is 17.4 Å². The quantitative estimate of drug-likeness (QED) is 0.650. The van der Waals surface area contributed by atoms with E-state index in [1.807, 2.05) is 54.6 Å². The maximum absolute atomic E-state index is 13.0. The van der Waals surface area contributed by atoms with E-state index in [9.17, 15) is 9.59 Å². The number of hydrogen-bond acceptors (Lipinski definition) is 4. The average molecular weight is 367 g/mol. The minimum atomic E-state index is -0.734. The van der Waals surface area contributed by atoms with Crippen LogP contribution in [-0.2, 0) is 22.4 Å². The SMILES string of the molecule is COc1cccc(CC2(C(=O)N[C@@H](Cc3ccccc3)C(N)=O)CNC2)c1. The first kappa shape index (κ1) is 18.9. The first-order valence-electron chi connectivity index (χ1n) is 9.00. The van der Waals surface area contributed by atoms with Crippen molar-refractivity contribution in [3.63, 3.8) is 0 Å². The minimum absolute atomic E-state index is 0.149. The molecule has 1 aliphatic heterocycles. The van der Waals surface area contributed by atoms with Crippen LogP contribution < -0.4 is 21.1 Å². The number of hydrogen-bond donors (Lipinski definition) is 3. The fourth-order valence-corrected chi connectivity index (χ4v) is 3.35. The largest absolute Gasteiger partial charge is 0.497 e. The van der Waals surface area contributed by atoms with Crippen molar-refractivity contribution in [3.05, 3.63) is 65.7 Å². The van der Waals surface area contributed by atoms with Crippen LogP contribution in [0.2, 0.25) is 0 Å². The molecule has 1 heterocycles. The Morgan fingerprint density at radius 1 is 1.15 bits per heavy atom. The summed E-state index contributed by atoms with van der Waals surface area (Å²) < 4.78 is 5.27. The Hall–Kier alpha value is -2.86. The second-order valence-electron chi connectivity index (χ2n) is 7.03. The molecule has 1 aliphatic rings. The van der Waals surface area contributed by atoms with Gasteiger partial charge in [0.25, 0.3) is 0 Å². The van der Waals surface area contributed by atoms with Crippen molar-refractivity contribution < 1.29 is 14.3 Å². The molecule has 4 N–H and O–H groups in total. The summed E-state index contributed by atoms with van der Waals surface area (Å²) in [5.41, 5.74) is 6.93. The first-order valence-corrected chi connectivity index (χ1v) is 9.00. The number of ether oxygens (including phenoxy) is 1. The number of methoxy groups -OCH3 is 1. The normalized spacial score (nSPS) is 16.0. The highest BCUT2D eigenvalue weighted by Gasteiger charge is 2.45. The molecule has 0 unspecified atom stereocenters. The molecule has 0 bridgehead atoms. The molecule has 2 aromatic carbocycles. The van der Waals surface area contributed by atoms with Gasteiger partial charge in [0.05, 0.1) is 12.5 Å². The van der Waals surface area contributed by atoms with Crippen molar-refractivity contribution in [1.29, 1.82) is 0 Å². The molecule has 2 amide bonds. The number of carbonyl (C=O) groups excluding carboxylic acids is 2. The lowest BCUT2D eigenvalue weighted by Crippen LogP contribution is -2.64. The van der Waals surface area contributed by atoms with Crippen molar-refractivity contribution >= 4 is 11.8 Å². The Kier molecular flexibility index (Phi) is 5.76. The first-order chi connectivity index (χ1) is 13.0. The molecule has 142 valence electrons. The van der Waals surface area contributed by atoms with Crippen LogP contribution in [-0.4, -0.2) is 38.1 Å². The van der Waals surface area contributed by atoms with Gasteiger partial charge < -0.3 is 21.1 Å². The number of nitrogens with one attached hydrogen (secondary N) is 2.